The summed E-state index contributed by atoms with van der Waals surface area (Å²) in [4.78, 5) is -0.748. The van der Waals surface area contributed by atoms with Crippen LogP contribution in [-0.4, -0.2) is 20.1 Å². The van der Waals surface area contributed by atoms with Crippen LogP contribution in [0, 0.1) is 11.6 Å². The van der Waals surface area contributed by atoms with Crippen LogP contribution in [0.2, 0.25) is 0 Å². The summed E-state index contributed by atoms with van der Waals surface area (Å²) >= 11 is 0. The van der Waals surface area contributed by atoms with Gasteiger partial charge in [-0.1, -0.05) is 36.4 Å². The van der Waals surface area contributed by atoms with Gasteiger partial charge in [-0.3, -0.25) is 0 Å². The SMILES string of the molecule is O=S(=O)(NCCC(O)c1ccccc1)c1cccc(F)c1F. The van der Waals surface area contributed by atoms with Crippen LogP contribution in [0.25, 0.3) is 0 Å². The van der Waals surface area contributed by atoms with Gasteiger partial charge in [-0.25, -0.2) is 21.9 Å². The number of benzene rings is 2. The number of hydrogen-bond donors (Lipinski definition) is 2. The van der Waals surface area contributed by atoms with E-state index in [0.29, 0.717) is 5.56 Å². The van der Waals surface area contributed by atoms with Gasteiger partial charge in [0.15, 0.2) is 11.6 Å². The van der Waals surface area contributed by atoms with Gasteiger partial charge in [-0.15, -0.1) is 0 Å². The second-order valence-corrected chi connectivity index (χ2v) is 6.40. The summed E-state index contributed by atoms with van der Waals surface area (Å²) in [6.07, 6.45) is -0.735. The Balaban J connectivity index is 2.00. The predicted molar refractivity (Wildman–Crippen MR) is 77.6 cm³/mol. The van der Waals surface area contributed by atoms with Crippen LogP contribution >= 0.6 is 0 Å². The Morgan fingerprint density at radius 2 is 1.73 bits per heavy atom. The normalized spacial score (nSPS) is 13.0. The molecule has 0 saturated carbocycles. The van der Waals surface area contributed by atoms with Crippen molar-refractivity contribution in [3.05, 3.63) is 65.7 Å². The van der Waals surface area contributed by atoms with Gasteiger partial charge in [-0.05, 0) is 24.1 Å². The van der Waals surface area contributed by atoms with E-state index < -0.39 is 32.7 Å². The third-order valence-electron chi connectivity index (χ3n) is 3.10. The zero-order valence-corrected chi connectivity index (χ0v) is 12.4. The van der Waals surface area contributed by atoms with Crippen molar-refractivity contribution in [3.63, 3.8) is 0 Å². The lowest BCUT2D eigenvalue weighted by Crippen LogP contribution is -2.27. The number of aliphatic hydroxyl groups is 1. The second-order valence-electron chi connectivity index (χ2n) is 4.66. The highest BCUT2D eigenvalue weighted by Crippen LogP contribution is 2.18. The minimum absolute atomic E-state index is 0.103. The van der Waals surface area contributed by atoms with Crippen LogP contribution in [0.5, 0.6) is 0 Å². The van der Waals surface area contributed by atoms with Gasteiger partial charge in [0.05, 0.1) is 6.10 Å². The monoisotopic (exact) mass is 327 g/mol. The van der Waals surface area contributed by atoms with Crippen molar-refractivity contribution in [1.29, 1.82) is 0 Å². The first kappa shape index (κ1) is 16.5. The zero-order valence-electron chi connectivity index (χ0n) is 11.5. The summed E-state index contributed by atoms with van der Waals surface area (Å²) in [5, 5.41) is 9.92. The maximum atomic E-state index is 13.5. The van der Waals surface area contributed by atoms with Crippen LogP contribution in [0.1, 0.15) is 18.1 Å². The summed E-state index contributed by atoms with van der Waals surface area (Å²) in [5.74, 6) is -2.65. The average Bonchev–Trinajstić information content (AvgIpc) is 2.50. The molecule has 0 aliphatic carbocycles. The standard InChI is InChI=1S/C15H15F2NO3S/c16-12-7-4-8-14(15(12)17)22(20,21)18-10-9-13(19)11-5-2-1-3-6-11/h1-8,13,18-19H,9-10H2. The molecule has 2 aromatic carbocycles. The Morgan fingerprint density at radius 1 is 1.05 bits per heavy atom. The molecule has 22 heavy (non-hydrogen) atoms. The molecule has 0 spiro atoms. The smallest absolute Gasteiger partial charge is 0.243 e. The van der Waals surface area contributed by atoms with Crippen molar-refractivity contribution in [2.24, 2.45) is 0 Å². The molecule has 0 aliphatic heterocycles. The molecular weight excluding hydrogens is 312 g/mol. The summed E-state index contributed by atoms with van der Waals surface area (Å²) in [6.45, 7) is -0.103. The molecule has 0 heterocycles. The lowest BCUT2D eigenvalue weighted by molar-refractivity contribution is 0.169. The van der Waals surface area contributed by atoms with E-state index >= 15 is 0 Å². The minimum atomic E-state index is -4.17. The summed E-state index contributed by atoms with van der Waals surface area (Å²) < 4.78 is 52.6. The predicted octanol–water partition coefficient (Wildman–Crippen LogP) is 2.37. The molecule has 1 atom stereocenters. The molecule has 118 valence electrons. The molecular formula is C15H15F2NO3S. The Kier molecular flexibility index (Phi) is 5.23. The molecule has 2 N–H and O–H groups in total. The van der Waals surface area contributed by atoms with E-state index in [4.69, 9.17) is 0 Å². The Bertz CT molecular complexity index is 736. The third-order valence-corrected chi connectivity index (χ3v) is 4.58. The van der Waals surface area contributed by atoms with Crippen molar-refractivity contribution >= 4 is 10.0 Å². The van der Waals surface area contributed by atoms with E-state index in [1.807, 2.05) is 0 Å². The molecule has 7 heteroatoms. The lowest BCUT2D eigenvalue weighted by atomic mass is 10.1. The fraction of sp³-hybridized carbons (Fsp3) is 0.200. The van der Waals surface area contributed by atoms with Crippen LogP contribution in [0.3, 0.4) is 0 Å². The highest BCUT2D eigenvalue weighted by molar-refractivity contribution is 7.89. The molecule has 0 saturated heterocycles. The van der Waals surface area contributed by atoms with E-state index in [1.54, 1.807) is 30.3 Å². The van der Waals surface area contributed by atoms with Gasteiger partial charge in [0.2, 0.25) is 10.0 Å². The van der Waals surface area contributed by atoms with Crippen LogP contribution < -0.4 is 4.72 Å². The van der Waals surface area contributed by atoms with Crippen LogP contribution in [0.15, 0.2) is 53.4 Å². The maximum Gasteiger partial charge on any atom is 0.243 e. The highest BCUT2D eigenvalue weighted by Gasteiger charge is 2.21. The molecule has 0 bridgehead atoms. The Labute approximate surface area is 127 Å². The molecule has 4 nitrogen and oxygen atoms in total. The van der Waals surface area contributed by atoms with Crippen LogP contribution in [0.4, 0.5) is 8.78 Å². The molecule has 0 radical (unpaired) electrons. The molecule has 2 rings (SSSR count). The molecule has 1 unspecified atom stereocenters. The van der Waals surface area contributed by atoms with Gasteiger partial charge in [-0.2, -0.15) is 0 Å². The summed E-state index contributed by atoms with van der Waals surface area (Å²) in [7, 11) is -4.17. The number of nitrogens with one attached hydrogen (secondary N) is 1. The lowest BCUT2D eigenvalue weighted by Gasteiger charge is -2.12. The quantitative estimate of drug-likeness (QED) is 0.856. The highest BCUT2D eigenvalue weighted by atomic mass is 32.2. The fourth-order valence-corrected chi connectivity index (χ4v) is 3.07. The van der Waals surface area contributed by atoms with Crippen molar-refractivity contribution in [2.45, 2.75) is 17.4 Å². The van der Waals surface area contributed by atoms with E-state index in [9.17, 15) is 22.3 Å². The van der Waals surface area contributed by atoms with Crippen molar-refractivity contribution in [2.75, 3.05) is 6.54 Å². The number of hydrogen-bond acceptors (Lipinski definition) is 3. The van der Waals surface area contributed by atoms with Gasteiger partial charge in [0.1, 0.15) is 4.90 Å². The first-order valence-corrected chi connectivity index (χ1v) is 8.07. The van der Waals surface area contributed by atoms with E-state index in [0.717, 1.165) is 18.2 Å². The van der Waals surface area contributed by atoms with Gasteiger partial charge in [0, 0.05) is 6.54 Å². The minimum Gasteiger partial charge on any atom is -0.388 e. The van der Waals surface area contributed by atoms with E-state index in [2.05, 4.69) is 4.72 Å². The molecule has 0 aromatic heterocycles. The Hall–Kier alpha value is -1.83. The molecule has 0 fully saturated rings. The first-order chi connectivity index (χ1) is 10.4. The Morgan fingerprint density at radius 3 is 2.41 bits per heavy atom. The molecule has 2 aromatic rings. The number of aliphatic hydroxyl groups excluding tert-OH is 1. The van der Waals surface area contributed by atoms with E-state index in [-0.39, 0.29) is 13.0 Å². The van der Waals surface area contributed by atoms with Crippen molar-refractivity contribution in [1.82, 2.24) is 4.72 Å². The maximum absolute atomic E-state index is 13.5. The molecule has 0 amide bonds. The first-order valence-electron chi connectivity index (χ1n) is 6.58. The summed E-state index contributed by atoms with van der Waals surface area (Å²) in [6, 6.07) is 11.7. The van der Waals surface area contributed by atoms with Gasteiger partial charge >= 0.3 is 0 Å². The topological polar surface area (TPSA) is 66.4 Å². The van der Waals surface area contributed by atoms with Crippen molar-refractivity contribution in [3.8, 4) is 0 Å². The number of sulfonamides is 1. The molecule has 0 aliphatic rings. The second kappa shape index (κ2) is 6.95. The fourth-order valence-electron chi connectivity index (χ4n) is 1.94. The van der Waals surface area contributed by atoms with Gasteiger partial charge < -0.3 is 5.11 Å². The van der Waals surface area contributed by atoms with E-state index in [1.165, 1.54) is 0 Å². The van der Waals surface area contributed by atoms with Gasteiger partial charge in [0.25, 0.3) is 0 Å². The van der Waals surface area contributed by atoms with Crippen molar-refractivity contribution < 1.29 is 22.3 Å². The zero-order chi connectivity index (χ0) is 16.2. The summed E-state index contributed by atoms with van der Waals surface area (Å²) in [5.41, 5.74) is 0.652. The number of halogens is 2. The largest absolute Gasteiger partial charge is 0.388 e. The number of rotatable bonds is 6. The average molecular weight is 327 g/mol. The third kappa shape index (κ3) is 3.88. The van der Waals surface area contributed by atoms with Crippen LogP contribution in [-0.2, 0) is 10.0 Å².